The Bertz CT molecular complexity index is 921. The lowest BCUT2D eigenvalue weighted by molar-refractivity contribution is 0.0729. The van der Waals surface area contributed by atoms with Crippen LogP contribution in [0.3, 0.4) is 0 Å². The van der Waals surface area contributed by atoms with E-state index in [0.717, 1.165) is 30.8 Å². The monoisotopic (exact) mass is 390 g/mol. The Hall–Kier alpha value is -2.19. The maximum absolute atomic E-state index is 13.2. The number of carbonyl (C=O) groups excluding carboxylic acids is 1. The maximum Gasteiger partial charge on any atom is 0.255 e. The molecule has 0 saturated carbocycles. The fourth-order valence-electron chi connectivity index (χ4n) is 3.51. The molecule has 1 N–H and O–H groups in total. The predicted molar refractivity (Wildman–Crippen MR) is 103 cm³/mol. The van der Waals surface area contributed by atoms with Crippen molar-refractivity contribution in [2.24, 2.45) is 0 Å². The van der Waals surface area contributed by atoms with Gasteiger partial charge in [-0.1, -0.05) is 19.1 Å². The highest BCUT2D eigenvalue weighted by molar-refractivity contribution is 7.91. The highest BCUT2D eigenvalue weighted by Crippen LogP contribution is 2.33. The van der Waals surface area contributed by atoms with Crippen molar-refractivity contribution in [3.8, 4) is 0 Å². The molecule has 0 unspecified atom stereocenters. The van der Waals surface area contributed by atoms with Gasteiger partial charge in [0.05, 0.1) is 27.9 Å². The van der Waals surface area contributed by atoms with Crippen LogP contribution in [-0.4, -0.2) is 60.7 Å². The minimum absolute atomic E-state index is 0.0337. The molecule has 1 amide bonds. The van der Waals surface area contributed by atoms with Gasteiger partial charge in [0.15, 0.2) is 9.84 Å². The summed E-state index contributed by atoms with van der Waals surface area (Å²) < 4.78 is 24.8. The minimum atomic E-state index is -3.47. The Balaban J connectivity index is 1.90. The van der Waals surface area contributed by atoms with Gasteiger partial charge in [-0.15, -0.1) is 0 Å². The summed E-state index contributed by atoms with van der Waals surface area (Å²) in [4.78, 5) is 17.1. The van der Waals surface area contributed by atoms with Gasteiger partial charge >= 0.3 is 0 Å². The highest BCUT2D eigenvalue weighted by atomic mass is 32.2. The molecule has 146 valence electrons. The number of rotatable bonds is 6. The van der Waals surface area contributed by atoms with E-state index in [0.29, 0.717) is 6.54 Å². The first-order valence-corrected chi connectivity index (χ1v) is 10.8. The summed E-state index contributed by atoms with van der Waals surface area (Å²) in [7, 11) is 0.497. The van der Waals surface area contributed by atoms with Gasteiger partial charge in [-0.05, 0) is 45.1 Å². The van der Waals surface area contributed by atoms with E-state index in [1.165, 1.54) is 6.07 Å². The summed E-state index contributed by atoms with van der Waals surface area (Å²) in [6.45, 7) is 2.93. The number of carbonyl (C=O) groups is 1. The summed E-state index contributed by atoms with van der Waals surface area (Å²) in [5, 5.41) is 7.43. The Labute approximate surface area is 160 Å². The fourth-order valence-corrected chi connectivity index (χ4v) is 4.60. The second-order valence-corrected chi connectivity index (χ2v) is 9.36. The topological polar surface area (TPSA) is 86.4 Å². The fraction of sp³-hybridized carbons (Fsp3) is 0.474. The molecule has 7 nitrogen and oxygen atoms in total. The summed E-state index contributed by atoms with van der Waals surface area (Å²) in [5.41, 5.74) is 2.06. The SMILES string of the molecule is CCS(=O)(=O)c1ccccc1C(=O)N1CCC[C@@H]1c1cc(CN(C)C)[nH]n1. The van der Waals surface area contributed by atoms with Crippen molar-refractivity contribution in [2.75, 3.05) is 26.4 Å². The van der Waals surface area contributed by atoms with Crippen LogP contribution in [0.4, 0.5) is 0 Å². The number of H-pyrrole nitrogens is 1. The number of benzene rings is 1. The Kier molecular flexibility index (Phi) is 5.67. The first-order valence-electron chi connectivity index (χ1n) is 9.15. The molecule has 1 aliphatic heterocycles. The van der Waals surface area contributed by atoms with Gasteiger partial charge in [-0.2, -0.15) is 5.10 Å². The number of aromatic amines is 1. The third kappa shape index (κ3) is 4.06. The molecule has 1 aliphatic rings. The summed E-state index contributed by atoms with van der Waals surface area (Å²) in [6, 6.07) is 8.33. The number of nitrogens with zero attached hydrogens (tertiary/aromatic N) is 3. The van der Waals surface area contributed by atoms with E-state index in [1.807, 2.05) is 25.1 Å². The van der Waals surface area contributed by atoms with E-state index >= 15 is 0 Å². The number of hydrogen-bond acceptors (Lipinski definition) is 5. The molecular formula is C19H26N4O3S. The first kappa shape index (κ1) is 19.6. The van der Waals surface area contributed by atoms with Crippen molar-refractivity contribution >= 4 is 15.7 Å². The number of nitrogens with one attached hydrogen (secondary N) is 1. The van der Waals surface area contributed by atoms with Crippen molar-refractivity contribution in [3.63, 3.8) is 0 Å². The molecule has 8 heteroatoms. The summed E-state index contributed by atoms with van der Waals surface area (Å²) >= 11 is 0. The molecule has 0 spiro atoms. The zero-order valence-electron chi connectivity index (χ0n) is 16.0. The van der Waals surface area contributed by atoms with Gasteiger partial charge in [-0.25, -0.2) is 8.42 Å². The highest BCUT2D eigenvalue weighted by Gasteiger charge is 2.34. The molecule has 1 aromatic heterocycles. The van der Waals surface area contributed by atoms with Gasteiger partial charge < -0.3 is 9.80 Å². The second-order valence-electron chi connectivity index (χ2n) is 7.11. The van der Waals surface area contributed by atoms with E-state index in [1.54, 1.807) is 30.0 Å². The standard InChI is InChI=1S/C19H26N4O3S/c1-4-27(25,26)18-10-6-5-8-15(18)19(24)23-11-7-9-17(23)16-12-14(20-21-16)13-22(2)3/h5-6,8,10,12,17H,4,7,9,11,13H2,1-3H3,(H,20,21)/t17-/m1/s1. The van der Waals surface area contributed by atoms with Crippen molar-refractivity contribution in [1.29, 1.82) is 0 Å². The van der Waals surface area contributed by atoms with Crippen LogP contribution in [0, 0.1) is 0 Å². The molecule has 1 fully saturated rings. The minimum Gasteiger partial charge on any atom is -0.330 e. The van der Waals surface area contributed by atoms with Crippen LogP contribution < -0.4 is 0 Å². The molecule has 1 saturated heterocycles. The molecule has 0 aliphatic carbocycles. The van der Waals surface area contributed by atoms with Gasteiger partial charge in [-0.3, -0.25) is 9.89 Å². The third-order valence-corrected chi connectivity index (χ3v) is 6.61. The van der Waals surface area contributed by atoms with E-state index < -0.39 is 9.84 Å². The van der Waals surface area contributed by atoms with Crippen LogP contribution in [0.5, 0.6) is 0 Å². The van der Waals surface area contributed by atoms with Gasteiger partial charge in [0.2, 0.25) is 0 Å². The van der Waals surface area contributed by atoms with Crippen molar-refractivity contribution in [2.45, 2.75) is 37.2 Å². The lowest BCUT2D eigenvalue weighted by Crippen LogP contribution is -2.32. The molecule has 0 bridgehead atoms. The van der Waals surface area contributed by atoms with Crippen molar-refractivity contribution in [3.05, 3.63) is 47.3 Å². The number of sulfone groups is 1. The number of hydrogen-bond donors (Lipinski definition) is 1. The van der Waals surface area contributed by atoms with Gasteiger partial charge in [0.25, 0.3) is 5.91 Å². The predicted octanol–water partition coefficient (Wildman–Crippen LogP) is 2.24. The molecule has 3 rings (SSSR count). The molecular weight excluding hydrogens is 364 g/mol. The zero-order chi connectivity index (χ0) is 19.6. The third-order valence-electron chi connectivity index (χ3n) is 4.82. The average molecular weight is 391 g/mol. The van der Waals surface area contributed by atoms with Crippen LogP contribution in [0.25, 0.3) is 0 Å². The zero-order valence-corrected chi connectivity index (χ0v) is 16.8. The summed E-state index contributed by atoms with van der Waals surface area (Å²) in [6.07, 6.45) is 1.69. The normalized spacial score (nSPS) is 17.6. The smallest absolute Gasteiger partial charge is 0.255 e. The van der Waals surface area contributed by atoms with E-state index in [9.17, 15) is 13.2 Å². The molecule has 2 aromatic rings. The molecule has 2 heterocycles. The first-order chi connectivity index (χ1) is 12.8. The Morgan fingerprint density at radius 2 is 2.07 bits per heavy atom. The van der Waals surface area contributed by atoms with Gasteiger partial charge in [0, 0.05) is 18.8 Å². The Morgan fingerprint density at radius 1 is 1.33 bits per heavy atom. The van der Waals surface area contributed by atoms with E-state index in [2.05, 4.69) is 10.2 Å². The largest absolute Gasteiger partial charge is 0.330 e. The van der Waals surface area contributed by atoms with Crippen molar-refractivity contribution in [1.82, 2.24) is 20.0 Å². The average Bonchev–Trinajstić information content (AvgIpc) is 3.29. The Morgan fingerprint density at radius 3 is 2.78 bits per heavy atom. The number of likely N-dealkylation sites (tertiary alicyclic amines) is 1. The lowest BCUT2D eigenvalue weighted by atomic mass is 10.1. The van der Waals surface area contributed by atoms with Crippen LogP contribution >= 0.6 is 0 Å². The number of aromatic nitrogens is 2. The lowest BCUT2D eigenvalue weighted by Gasteiger charge is -2.24. The maximum atomic E-state index is 13.2. The number of amides is 1. The van der Waals surface area contributed by atoms with Crippen LogP contribution in [0.1, 0.15) is 47.6 Å². The molecule has 27 heavy (non-hydrogen) atoms. The van der Waals surface area contributed by atoms with Crippen LogP contribution in [0.2, 0.25) is 0 Å². The van der Waals surface area contributed by atoms with E-state index in [-0.39, 0.29) is 28.2 Å². The summed E-state index contributed by atoms with van der Waals surface area (Å²) in [5.74, 6) is -0.282. The van der Waals surface area contributed by atoms with Gasteiger partial charge in [0.1, 0.15) is 0 Å². The molecule has 1 aromatic carbocycles. The van der Waals surface area contributed by atoms with Crippen LogP contribution in [-0.2, 0) is 16.4 Å². The second kappa shape index (κ2) is 7.82. The van der Waals surface area contributed by atoms with Crippen molar-refractivity contribution < 1.29 is 13.2 Å². The quantitative estimate of drug-likeness (QED) is 0.817. The van der Waals surface area contributed by atoms with E-state index in [4.69, 9.17) is 0 Å². The molecule has 1 atom stereocenters. The van der Waals surface area contributed by atoms with Crippen LogP contribution in [0.15, 0.2) is 35.2 Å². The molecule has 0 radical (unpaired) electrons.